The molecule has 8 nitrogen and oxygen atoms in total. The van der Waals surface area contributed by atoms with Crippen LogP contribution in [0.25, 0.3) is 5.69 Å². The number of aromatic nitrogens is 2. The lowest BCUT2D eigenvalue weighted by molar-refractivity contribution is -0.384. The van der Waals surface area contributed by atoms with Crippen LogP contribution in [-0.2, 0) is 22.3 Å². The van der Waals surface area contributed by atoms with E-state index in [1.54, 1.807) is 4.68 Å². The van der Waals surface area contributed by atoms with Crippen molar-refractivity contribution in [2.45, 2.75) is 25.4 Å². The maximum absolute atomic E-state index is 12.8. The summed E-state index contributed by atoms with van der Waals surface area (Å²) in [4.78, 5) is 23.1. The van der Waals surface area contributed by atoms with Crippen molar-refractivity contribution in [2.24, 2.45) is 0 Å². The van der Waals surface area contributed by atoms with Gasteiger partial charge in [-0.15, -0.1) is 0 Å². The molecule has 1 aromatic heterocycles. The highest BCUT2D eigenvalue weighted by Gasteiger charge is 2.29. The molecule has 29 heavy (non-hydrogen) atoms. The summed E-state index contributed by atoms with van der Waals surface area (Å²) < 4.78 is 13.7. The minimum atomic E-state index is -1.04. The van der Waals surface area contributed by atoms with Crippen LogP contribution in [0.3, 0.4) is 0 Å². The molecule has 1 aliphatic rings. The molecular weight excluding hydrogens is 392 g/mol. The molecule has 2 heterocycles. The lowest BCUT2D eigenvalue weighted by Crippen LogP contribution is -2.17. The third-order valence-corrected chi connectivity index (χ3v) is 6.25. The number of rotatable bonds is 4. The Morgan fingerprint density at radius 2 is 1.90 bits per heavy atom. The van der Waals surface area contributed by atoms with E-state index in [9.17, 15) is 19.1 Å². The third-order valence-electron chi connectivity index (χ3n) is 5.05. The highest BCUT2D eigenvalue weighted by atomic mass is 32.2. The molecule has 1 atom stereocenters. The first-order chi connectivity index (χ1) is 13.8. The molecule has 1 amide bonds. The van der Waals surface area contributed by atoms with E-state index in [1.807, 2.05) is 32.0 Å². The fourth-order valence-corrected chi connectivity index (χ4v) is 4.57. The smallest absolute Gasteiger partial charge is 0.269 e. The molecular formula is C20H18N4O4S. The number of hydrogen-bond donors (Lipinski definition) is 1. The highest BCUT2D eigenvalue weighted by molar-refractivity contribution is 7.83. The van der Waals surface area contributed by atoms with Gasteiger partial charge in [0.2, 0.25) is 0 Å². The van der Waals surface area contributed by atoms with Crippen LogP contribution in [0.15, 0.2) is 42.5 Å². The lowest BCUT2D eigenvalue weighted by atomic mass is 10.1. The van der Waals surface area contributed by atoms with Crippen LogP contribution in [0.4, 0.5) is 11.5 Å². The molecule has 0 fully saturated rings. The molecule has 3 aromatic rings. The molecule has 1 N–H and O–H groups in total. The zero-order valence-electron chi connectivity index (χ0n) is 15.8. The van der Waals surface area contributed by atoms with E-state index in [0.29, 0.717) is 23.0 Å². The predicted molar refractivity (Wildman–Crippen MR) is 110 cm³/mol. The van der Waals surface area contributed by atoms with Gasteiger partial charge in [-0.1, -0.05) is 12.1 Å². The Bertz CT molecular complexity index is 1170. The average Bonchev–Trinajstić information content (AvgIpc) is 3.21. The molecule has 0 saturated heterocycles. The average molecular weight is 410 g/mol. The van der Waals surface area contributed by atoms with Gasteiger partial charge in [0.25, 0.3) is 11.6 Å². The van der Waals surface area contributed by atoms with Gasteiger partial charge < -0.3 is 5.32 Å². The van der Waals surface area contributed by atoms with Gasteiger partial charge in [0.1, 0.15) is 5.82 Å². The fourth-order valence-electron chi connectivity index (χ4n) is 3.31. The quantitative estimate of drug-likeness (QED) is 0.524. The number of nitrogens with zero attached hydrogens (tertiary/aromatic N) is 3. The minimum Gasteiger partial charge on any atom is -0.306 e. The minimum absolute atomic E-state index is 0.0849. The molecule has 2 aromatic carbocycles. The normalized spacial score (nSPS) is 15.2. The van der Waals surface area contributed by atoms with Crippen molar-refractivity contribution in [3.63, 3.8) is 0 Å². The van der Waals surface area contributed by atoms with E-state index in [4.69, 9.17) is 0 Å². The second-order valence-electron chi connectivity index (χ2n) is 6.89. The van der Waals surface area contributed by atoms with Crippen molar-refractivity contribution in [3.8, 4) is 5.69 Å². The molecule has 0 spiro atoms. The number of carbonyl (C=O) groups is 1. The molecule has 4 rings (SSSR count). The van der Waals surface area contributed by atoms with Gasteiger partial charge in [0.05, 0.1) is 27.8 Å². The van der Waals surface area contributed by atoms with E-state index in [1.165, 1.54) is 24.3 Å². The predicted octanol–water partition coefficient (Wildman–Crippen LogP) is 3.41. The third kappa shape index (κ3) is 3.44. The SMILES string of the molecule is Cc1cccc(-n2nc3c(c2NC(=O)c2ccc([N+](=O)[O-])cc2)C[S@@](=O)C3)c1C. The molecule has 0 bridgehead atoms. The Morgan fingerprint density at radius 1 is 1.17 bits per heavy atom. The number of hydrogen-bond acceptors (Lipinski definition) is 5. The summed E-state index contributed by atoms with van der Waals surface area (Å²) in [6.07, 6.45) is 0. The van der Waals surface area contributed by atoms with E-state index >= 15 is 0 Å². The first kappa shape index (κ1) is 19.0. The summed E-state index contributed by atoms with van der Waals surface area (Å²) in [6.45, 7) is 3.98. The number of nitro groups is 1. The van der Waals surface area contributed by atoms with Gasteiger partial charge >= 0.3 is 0 Å². The van der Waals surface area contributed by atoms with Crippen molar-refractivity contribution in [1.29, 1.82) is 0 Å². The Kier molecular flexibility index (Phi) is 4.75. The summed E-state index contributed by atoms with van der Waals surface area (Å²) >= 11 is 0. The van der Waals surface area contributed by atoms with Crippen LogP contribution in [-0.4, -0.2) is 24.8 Å². The first-order valence-electron chi connectivity index (χ1n) is 8.93. The number of carbonyl (C=O) groups excluding carboxylic acids is 1. The number of benzene rings is 2. The summed E-state index contributed by atoms with van der Waals surface area (Å²) in [5, 5.41) is 18.3. The largest absolute Gasteiger partial charge is 0.306 e. The Morgan fingerprint density at radius 3 is 2.59 bits per heavy atom. The van der Waals surface area contributed by atoms with Gasteiger partial charge in [0.15, 0.2) is 0 Å². The van der Waals surface area contributed by atoms with E-state index in [0.717, 1.165) is 22.4 Å². The van der Waals surface area contributed by atoms with Crippen LogP contribution >= 0.6 is 0 Å². The lowest BCUT2D eigenvalue weighted by Gasteiger charge is -2.14. The van der Waals surface area contributed by atoms with Gasteiger partial charge in [-0.3, -0.25) is 19.1 Å². The molecule has 0 radical (unpaired) electrons. The van der Waals surface area contributed by atoms with Gasteiger partial charge in [-0.2, -0.15) is 5.10 Å². The second-order valence-corrected chi connectivity index (χ2v) is 8.35. The van der Waals surface area contributed by atoms with Crippen molar-refractivity contribution >= 4 is 28.2 Å². The number of nitrogens with one attached hydrogen (secondary N) is 1. The number of nitro benzene ring substituents is 1. The molecule has 1 aliphatic heterocycles. The van der Waals surface area contributed by atoms with E-state index in [2.05, 4.69) is 10.4 Å². The number of fused-ring (bicyclic) bond motifs is 1. The molecule has 9 heteroatoms. The number of aryl methyl sites for hydroxylation is 1. The zero-order valence-corrected chi connectivity index (χ0v) is 16.7. The van der Waals surface area contributed by atoms with E-state index in [-0.39, 0.29) is 11.3 Å². The molecule has 0 unspecified atom stereocenters. The number of non-ortho nitro benzene ring substituents is 1. The van der Waals surface area contributed by atoms with Gasteiger partial charge in [0, 0.05) is 34.1 Å². The van der Waals surface area contributed by atoms with Crippen LogP contribution < -0.4 is 5.32 Å². The van der Waals surface area contributed by atoms with Crippen molar-refractivity contribution in [2.75, 3.05) is 5.32 Å². The summed E-state index contributed by atoms with van der Waals surface area (Å²) in [5.41, 5.74) is 4.64. The number of anilines is 1. The van der Waals surface area contributed by atoms with Crippen molar-refractivity contribution in [1.82, 2.24) is 9.78 Å². The topological polar surface area (TPSA) is 107 Å². The van der Waals surface area contributed by atoms with Gasteiger partial charge in [-0.05, 0) is 43.2 Å². The van der Waals surface area contributed by atoms with Gasteiger partial charge in [-0.25, -0.2) is 4.68 Å². The molecule has 0 aliphatic carbocycles. The Labute approximate surface area is 169 Å². The maximum Gasteiger partial charge on any atom is 0.269 e. The maximum atomic E-state index is 12.8. The Hall–Kier alpha value is -3.33. The number of amides is 1. The van der Waals surface area contributed by atoms with Crippen molar-refractivity contribution < 1.29 is 13.9 Å². The van der Waals surface area contributed by atoms with Crippen LogP contribution in [0, 0.1) is 24.0 Å². The van der Waals surface area contributed by atoms with Crippen LogP contribution in [0.1, 0.15) is 32.7 Å². The molecule has 0 saturated carbocycles. The van der Waals surface area contributed by atoms with Crippen molar-refractivity contribution in [3.05, 3.63) is 80.5 Å². The summed E-state index contributed by atoms with van der Waals surface area (Å²) in [6, 6.07) is 11.2. The monoisotopic (exact) mass is 410 g/mol. The fraction of sp³-hybridized carbons (Fsp3) is 0.200. The highest BCUT2D eigenvalue weighted by Crippen LogP contribution is 2.33. The molecule has 148 valence electrons. The van der Waals surface area contributed by atoms with Crippen LogP contribution in [0.2, 0.25) is 0 Å². The van der Waals surface area contributed by atoms with Crippen LogP contribution in [0.5, 0.6) is 0 Å². The Balaban J connectivity index is 1.74. The standard InChI is InChI=1S/C20H18N4O4S/c1-12-4-3-5-18(13(12)2)23-19(16-10-29(28)11-17(16)22-23)21-20(25)14-6-8-15(9-7-14)24(26)27/h3-9H,10-11H2,1-2H3,(H,21,25)/t29-/m1/s1. The van der Waals surface area contributed by atoms with E-state index < -0.39 is 21.6 Å². The second kappa shape index (κ2) is 7.25. The zero-order chi connectivity index (χ0) is 20.7. The summed E-state index contributed by atoms with van der Waals surface area (Å²) in [5.74, 6) is 0.763. The first-order valence-corrected chi connectivity index (χ1v) is 10.4. The summed E-state index contributed by atoms with van der Waals surface area (Å²) in [7, 11) is -1.04.